The summed E-state index contributed by atoms with van der Waals surface area (Å²) in [7, 11) is 0. The van der Waals surface area contributed by atoms with Crippen LogP contribution in [-0.4, -0.2) is 23.6 Å². The normalized spacial score (nSPS) is 13.1. The molecule has 0 saturated carbocycles. The highest BCUT2D eigenvalue weighted by molar-refractivity contribution is 6.23. The minimum Gasteiger partial charge on any atom is -0.488 e. The van der Waals surface area contributed by atoms with Crippen molar-refractivity contribution in [3.8, 4) is 5.75 Å². The molecule has 0 radical (unpaired) electrons. The molecule has 0 spiro atoms. The maximum atomic E-state index is 11.5. The van der Waals surface area contributed by atoms with Crippen molar-refractivity contribution in [2.45, 2.75) is 31.7 Å². The van der Waals surface area contributed by atoms with Gasteiger partial charge >= 0.3 is 11.6 Å². The minimum atomic E-state index is -0.821. The number of esters is 1. The highest BCUT2D eigenvalue weighted by Crippen LogP contribution is 2.35. The first kappa shape index (κ1) is 17.4. The molecule has 2 heterocycles. The van der Waals surface area contributed by atoms with Crippen LogP contribution in [0.4, 0.5) is 0 Å². The first-order chi connectivity index (χ1) is 11.8. The van der Waals surface area contributed by atoms with E-state index in [0.29, 0.717) is 22.3 Å². The number of hydrogen-bond donors (Lipinski definition) is 0. The highest BCUT2D eigenvalue weighted by atomic mass is 35.5. The molecule has 0 saturated heterocycles. The van der Waals surface area contributed by atoms with E-state index in [1.165, 1.54) is 19.3 Å². The lowest BCUT2D eigenvalue weighted by Crippen LogP contribution is -2.39. The van der Waals surface area contributed by atoms with Crippen LogP contribution in [0.1, 0.15) is 20.8 Å². The molecule has 0 aliphatic rings. The van der Waals surface area contributed by atoms with Crippen LogP contribution in [0, 0.1) is 0 Å². The van der Waals surface area contributed by atoms with Crippen LogP contribution in [-0.2, 0) is 9.53 Å². The average molecular weight is 365 g/mol. The largest absolute Gasteiger partial charge is 0.488 e. The molecule has 6 nitrogen and oxygen atoms in total. The topological polar surface area (TPSA) is 78.9 Å². The van der Waals surface area contributed by atoms with Crippen LogP contribution in [0.25, 0.3) is 21.9 Å². The van der Waals surface area contributed by atoms with E-state index in [9.17, 15) is 9.59 Å². The fourth-order valence-corrected chi connectivity index (χ4v) is 2.60. The standard InChI is InChI=1S/C18H17ClO6/c1-10(20)24-15(18(2,3)19)9-23-17-11-4-5-16(21)25-14(11)8-13-12(17)6-7-22-13/h4-8,15H,9H2,1-3H3. The van der Waals surface area contributed by atoms with E-state index in [4.69, 9.17) is 29.9 Å². The number of ether oxygens (including phenoxy) is 2. The smallest absolute Gasteiger partial charge is 0.336 e. The van der Waals surface area contributed by atoms with Crippen LogP contribution in [0.3, 0.4) is 0 Å². The van der Waals surface area contributed by atoms with Crippen molar-refractivity contribution in [1.29, 1.82) is 0 Å². The van der Waals surface area contributed by atoms with E-state index in [1.54, 1.807) is 32.0 Å². The van der Waals surface area contributed by atoms with Crippen molar-refractivity contribution >= 4 is 39.5 Å². The van der Waals surface area contributed by atoms with Gasteiger partial charge in [-0.25, -0.2) is 4.79 Å². The average Bonchev–Trinajstić information content (AvgIpc) is 2.96. The predicted molar refractivity (Wildman–Crippen MR) is 93.2 cm³/mol. The molecule has 132 valence electrons. The van der Waals surface area contributed by atoms with Gasteiger partial charge in [0.05, 0.1) is 21.9 Å². The van der Waals surface area contributed by atoms with Gasteiger partial charge in [-0.2, -0.15) is 0 Å². The van der Waals surface area contributed by atoms with Crippen molar-refractivity contribution in [3.63, 3.8) is 0 Å². The number of carbonyl (C=O) groups is 1. The van der Waals surface area contributed by atoms with Gasteiger partial charge in [0.25, 0.3) is 0 Å². The number of carbonyl (C=O) groups excluding carboxylic acids is 1. The monoisotopic (exact) mass is 364 g/mol. The molecule has 0 N–H and O–H groups in total. The van der Waals surface area contributed by atoms with Crippen molar-refractivity contribution < 1.29 is 23.1 Å². The van der Waals surface area contributed by atoms with E-state index in [0.717, 1.165) is 5.39 Å². The summed E-state index contributed by atoms with van der Waals surface area (Å²) in [5.41, 5.74) is 0.397. The molecular weight excluding hydrogens is 348 g/mol. The molecule has 3 aromatic rings. The molecule has 25 heavy (non-hydrogen) atoms. The summed E-state index contributed by atoms with van der Waals surface area (Å²) >= 11 is 6.31. The van der Waals surface area contributed by atoms with Gasteiger partial charge in [-0.15, -0.1) is 11.6 Å². The van der Waals surface area contributed by atoms with Crippen LogP contribution in [0.5, 0.6) is 5.75 Å². The van der Waals surface area contributed by atoms with Crippen molar-refractivity contribution in [3.05, 3.63) is 40.9 Å². The lowest BCUT2D eigenvalue weighted by Gasteiger charge is -2.28. The molecule has 0 bridgehead atoms. The second-order valence-corrected chi connectivity index (χ2v) is 7.15. The summed E-state index contributed by atoms with van der Waals surface area (Å²) in [6.45, 7) is 4.83. The van der Waals surface area contributed by atoms with Gasteiger partial charge in [-0.05, 0) is 26.0 Å². The Balaban J connectivity index is 2.02. The predicted octanol–water partition coefficient (Wildman–Crippen LogP) is 3.87. The van der Waals surface area contributed by atoms with Crippen LogP contribution >= 0.6 is 11.6 Å². The molecular formula is C18H17ClO6. The van der Waals surface area contributed by atoms with E-state index in [1.807, 2.05) is 0 Å². The Bertz CT molecular complexity index is 979. The Hall–Kier alpha value is -2.47. The van der Waals surface area contributed by atoms with Gasteiger partial charge in [0.2, 0.25) is 0 Å². The highest BCUT2D eigenvalue weighted by Gasteiger charge is 2.31. The number of fused-ring (bicyclic) bond motifs is 2. The molecule has 1 unspecified atom stereocenters. The summed E-state index contributed by atoms with van der Waals surface area (Å²) in [6.07, 6.45) is 0.850. The third-order valence-electron chi connectivity index (χ3n) is 3.76. The maximum absolute atomic E-state index is 11.5. The Morgan fingerprint density at radius 2 is 1.96 bits per heavy atom. The van der Waals surface area contributed by atoms with Crippen molar-refractivity contribution in [2.24, 2.45) is 0 Å². The zero-order valence-electron chi connectivity index (χ0n) is 14.0. The number of hydrogen-bond acceptors (Lipinski definition) is 6. The van der Waals surface area contributed by atoms with E-state index < -0.39 is 22.6 Å². The molecule has 0 fully saturated rings. The van der Waals surface area contributed by atoms with Gasteiger partial charge in [-0.1, -0.05) is 0 Å². The number of benzene rings is 1. The number of rotatable bonds is 5. The maximum Gasteiger partial charge on any atom is 0.336 e. The molecule has 0 amide bonds. The molecule has 7 heteroatoms. The zero-order valence-corrected chi connectivity index (χ0v) is 14.8. The zero-order chi connectivity index (χ0) is 18.2. The SMILES string of the molecule is CC(=O)OC(COc1c2ccoc2cc2oc(=O)ccc12)C(C)(C)Cl. The summed E-state index contributed by atoms with van der Waals surface area (Å²) in [5, 5.41) is 1.33. The molecule has 3 rings (SSSR count). The molecule has 1 atom stereocenters. The molecule has 0 aliphatic heterocycles. The van der Waals surface area contributed by atoms with Crippen molar-refractivity contribution in [2.75, 3.05) is 6.61 Å². The number of halogens is 1. The Morgan fingerprint density at radius 3 is 2.64 bits per heavy atom. The molecule has 2 aromatic heterocycles. The second kappa shape index (κ2) is 6.44. The van der Waals surface area contributed by atoms with Crippen LogP contribution in [0.2, 0.25) is 0 Å². The first-order valence-electron chi connectivity index (χ1n) is 7.68. The van der Waals surface area contributed by atoms with Crippen molar-refractivity contribution in [1.82, 2.24) is 0 Å². The lowest BCUT2D eigenvalue weighted by atomic mass is 10.1. The van der Waals surface area contributed by atoms with Crippen LogP contribution in [0.15, 0.2) is 44.2 Å². The Labute approximate surface area is 148 Å². The van der Waals surface area contributed by atoms with Gasteiger partial charge in [0, 0.05) is 19.1 Å². The number of alkyl halides is 1. The molecule has 1 aromatic carbocycles. The van der Waals surface area contributed by atoms with E-state index in [-0.39, 0.29) is 6.61 Å². The summed E-state index contributed by atoms with van der Waals surface area (Å²) in [4.78, 5) is 22.0. The van der Waals surface area contributed by atoms with Gasteiger partial charge in [-0.3, -0.25) is 4.79 Å². The Kier molecular flexibility index (Phi) is 4.47. The summed E-state index contributed by atoms with van der Waals surface area (Å²) in [6, 6.07) is 6.32. The summed E-state index contributed by atoms with van der Waals surface area (Å²) < 4.78 is 21.8. The fraction of sp³-hybridized carbons (Fsp3) is 0.333. The second-order valence-electron chi connectivity index (χ2n) is 6.18. The van der Waals surface area contributed by atoms with E-state index in [2.05, 4.69) is 0 Å². The third kappa shape index (κ3) is 3.64. The lowest BCUT2D eigenvalue weighted by molar-refractivity contribution is -0.149. The third-order valence-corrected chi connectivity index (χ3v) is 4.01. The molecule has 0 aliphatic carbocycles. The summed E-state index contributed by atoms with van der Waals surface area (Å²) in [5.74, 6) is 0.0303. The van der Waals surface area contributed by atoms with Gasteiger partial charge in [0.1, 0.15) is 23.5 Å². The van der Waals surface area contributed by atoms with Gasteiger partial charge in [0.15, 0.2) is 6.10 Å². The minimum absolute atomic E-state index is 0.0363. The quantitative estimate of drug-likeness (QED) is 0.388. The Morgan fingerprint density at radius 1 is 1.24 bits per heavy atom. The van der Waals surface area contributed by atoms with E-state index >= 15 is 0 Å². The van der Waals surface area contributed by atoms with Crippen LogP contribution < -0.4 is 10.4 Å². The van der Waals surface area contributed by atoms with Gasteiger partial charge < -0.3 is 18.3 Å². The number of furan rings is 1. The fourth-order valence-electron chi connectivity index (χ4n) is 2.50. The first-order valence-corrected chi connectivity index (χ1v) is 8.06.